The van der Waals surface area contributed by atoms with Gasteiger partial charge in [-0.3, -0.25) is 9.59 Å². The Bertz CT molecular complexity index is 837. The van der Waals surface area contributed by atoms with Gasteiger partial charge in [-0.2, -0.15) is 0 Å². The molecule has 8 heteroatoms. The fourth-order valence-electron chi connectivity index (χ4n) is 2.89. The van der Waals surface area contributed by atoms with E-state index in [0.29, 0.717) is 42.6 Å². The van der Waals surface area contributed by atoms with Crippen molar-refractivity contribution in [2.45, 2.75) is 0 Å². The van der Waals surface area contributed by atoms with Crippen LogP contribution in [-0.4, -0.2) is 50.0 Å². The lowest BCUT2D eigenvalue weighted by Crippen LogP contribution is -2.51. The number of carbonyl (C=O) groups excluding carboxylic acids is 2. The summed E-state index contributed by atoms with van der Waals surface area (Å²) in [6.07, 6.45) is 0. The van der Waals surface area contributed by atoms with Crippen molar-refractivity contribution in [1.29, 1.82) is 0 Å². The minimum absolute atomic E-state index is 0.289. The Balaban J connectivity index is 1.56. The summed E-state index contributed by atoms with van der Waals surface area (Å²) >= 11 is 6.02. The van der Waals surface area contributed by atoms with Crippen molar-refractivity contribution in [3.8, 4) is 5.75 Å². The zero-order valence-electron chi connectivity index (χ0n) is 14.7. The zero-order valence-corrected chi connectivity index (χ0v) is 15.5. The third kappa shape index (κ3) is 4.49. The van der Waals surface area contributed by atoms with E-state index in [1.165, 1.54) is 30.2 Å². The van der Waals surface area contributed by atoms with Gasteiger partial charge in [0.1, 0.15) is 11.6 Å². The Morgan fingerprint density at radius 1 is 1.07 bits per heavy atom. The number of anilines is 2. The van der Waals surface area contributed by atoms with Gasteiger partial charge in [0.2, 0.25) is 0 Å². The summed E-state index contributed by atoms with van der Waals surface area (Å²) in [5.41, 5.74) is 1.31. The molecule has 1 heterocycles. The standard InChI is InChI=1S/C19H19ClFN3O3/c1-27-17-7-4-14(12-16(17)20)22-18(25)19(26)24-10-8-23(9-11-24)15-5-2-13(21)3-6-15/h2-7,12H,8-11H2,1H3,(H,22,25). The van der Waals surface area contributed by atoms with E-state index < -0.39 is 11.8 Å². The lowest BCUT2D eigenvalue weighted by Gasteiger charge is -2.35. The number of rotatable bonds is 3. The molecule has 3 rings (SSSR count). The molecule has 1 fully saturated rings. The third-order valence-corrected chi connectivity index (χ3v) is 4.66. The van der Waals surface area contributed by atoms with Crippen LogP contribution in [0.1, 0.15) is 0 Å². The Kier molecular flexibility index (Phi) is 5.81. The van der Waals surface area contributed by atoms with Crippen LogP contribution < -0.4 is 15.0 Å². The van der Waals surface area contributed by atoms with Gasteiger partial charge in [-0.15, -0.1) is 0 Å². The van der Waals surface area contributed by atoms with Crippen LogP contribution in [-0.2, 0) is 9.59 Å². The van der Waals surface area contributed by atoms with E-state index in [1.54, 1.807) is 24.3 Å². The van der Waals surface area contributed by atoms with Gasteiger partial charge < -0.3 is 19.9 Å². The van der Waals surface area contributed by atoms with Crippen LogP contribution >= 0.6 is 11.6 Å². The van der Waals surface area contributed by atoms with Gasteiger partial charge in [-0.25, -0.2) is 4.39 Å². The quantitative estimate of drug-likeness (QED) is 0.817. The summed E-state index contributed by atoms with van der Waals surface area (Å²) in [5.74, 6) is -1.12. The fraction of sp³-hybridized carbons (Fsp3) is 0.263. The van der Waals surface area contributed by atoms with E-state index >= 15 is 0 Å². The molecular formula is C19H19ClFN3O3. The van der Waals surface area contributed by atoms with Crippen LogP contribution in [0.15, 0.2) is 42.5 Å². The molecule has 0 aliphatic carbocycles. The Morgan fingerprint density at radius 3 is 2.33 bits per heavy atom. The molecule has 0 unspecified atom stereocenters. The number of hydrogen-bond donors (Lipinski definition) is 1. The van der Waals surface area contributed by atoms with Gasteiger partial charge >= 0.3 is 11.8 Å². The normalized spacial score (nSPS) is 14.0. The van der Waals surface area contributed by atoms with Crippen molar-refractivity contribution in [2.75, 3.05) is 43.5 Å². The summed E-state index contributed by atoms with van der Waals surface area (Å²) in [7, 11) is 1.49. The highest BCUT2D eigenvalue weighted by molar-refractivity contribution is 6.39. The van der Waals surface area contributed by atoms with Gasteiger partial charge in [0.25, 0.3) is 0 Å². The number of ether oxygens (including phenoxy) is 1. The first-order valence-electron chi connectivity index (χ1n) is 8.42. The first kappa shape index (κ1) is 19.0. The molecule has 1 aliphatic heterocycles. The van der Waals surface area contributed by atoms with Crippen molar-refractivity contribution in [3.63, 3.8) is 0 Å². The molecule has 142 valence electrons. The van der Waals surface area contributed by atoms with E-state index in [0.717, 1.165) is 5.69 Å². The second-order valence-electron chi connectivity index (χ2n) is 6.06. The zero-order chi connectivity index (χ0) is 19.4. The first-order chi connectivity index (χ1) is 13.0. The van der Waals surface area contributed by atoms with Crippen molar-refractivity contribution >= 4 is 34.8 Å². The molecule has 0 bridgehead atoms. The summed E-state index contributed by atoms with van der Waals surface area (Å²) in [6, 6.07) is 11.0. The van der Waals surface area contributed by atoms with Gasteiger partial charge in [0, 0.05) is 37.6 Å². The number of nitrogens with one attached hydrogen (secondary N) is 1. The molecule has 2 aromatic rings. The fourth-order valence-corrected chi connectivity index (χ4v) is 3.15. The molecule has 2 amide bonds. The summed E-state index contributed by atoms with van der Waals surface area (Å²) < 4.78 is 18.1. The largest absolute Gasteiger partial charge is 0.495 e. The maximum Gasteiger partial charge on any atom is 0.313 e. The molecule has 1 N–H and O–H groups in total. The number of amides is 2. The van der Waals surface area contributed by atoms with Crippen LogP contribution in [0.25, 0.3) is 0 Å². The predicted octanol–water partition coefficient (Wildman–Crippen LogP) is 2.78. The van der Waals surface area contributed by atoms with Crippen LogP contribution in [0.5, 0.6) is 5.75 Å². The van der Waals surface area contributed by atoms with E-state index in [-0.39, 0.29) is 5.82 Å². The highest BCUT2D eigenvalue weighted by Gasteiger charge is 2.26. The van der Waals surface area contributed by atoms with E-state index in [4.69, 9.17) is 16.3 Å². The monoisotopic (exact) mass is 391 g/mol. The van der Waals surface area contributed by atoms with Crippen LogP contribution in [0.4, 0.5) is 15.8 Å². The molecule has 0 spiro atoms. The third-order valence-electron chi connectivity index (χ3n) is 4.36. The first-order valence-corrected chi connectivity index (χ1v) is 8.80. The number of piperazine rings is 1. The molecule has 2 aromatic carbocycles. The average Bonchev–Trinajstić information content (AvgIpc) is 2.68. The van der Waals surface area contributed by atoms with Gasteiger partial charge in [0.05, 0.1) is 12.1 Å². The van der Waals surface area contributed by atoms with Crippen molar-refractivity contribution in [2.24, 2.45) is 0 Å². The van der Waals surface area contributed by atoms with E-state index in [9.17, 15) is 14.0 Å². The minimum Gasteiger partial charge on any atom is -0.495 e. The number of benzene rings is 2. The molecule has 0 atom stereocenters. The highest BCUT2D eigenvalue weighted by atomic mass is 35.5. The van der Waals surface area contributed by atoms with Gasteiger partial charge in [-0.05, 0) is 42.5 Å². The molecule has 1 saturated heterocycles. The number of methoxy groups -OCH3 is 1. The predicted molar refractivity (Wildman–Crippen MR) is 102 cm³/mol. The SMILES string of the molecule is COc1ccc(NC(=O)C(=O)N2CCN(c3ccc(F)cc3)CC2)cc1Cl. The lowest BCUT2D eigenvalue weighted by molar-refractivity contribution is -0.143. The molecule has 0 aromatic heterocycles. The second kappa shape index (κ2) is 8.26. The smallest absolute Gasteiger partial charge is 0.313 e. The molecule has 6 nitrogen and oxygen atoms in total. The number of halogens is 2. The highest BCUT2D eigenvalue weighted by Crippen LogP contribution is 2.27. The topological polar surface area (TPSA) is 61.9 Å². The molecule has 27 heavy (non-hydrogen) atoms. The van der Waals surface area contributed by atoms with Gasteiger partial charge in [-0.1, -0.05) is 11.6 Å². The Labute approximate surface area is 161 Å². The summed E-state index contributed by atoms with van der Waals surface area (Å²) in [4.78, 5) is 28.2. The van der Waals surface area contributed by atoms with E-state index in [1.807, 2.05) is 4.90 Å². The van der Waals surface area contributed by atoms with Crippen LogP contribution in [0.3, 0.4) is 0 Å². The lowest BCUT2D eigenvalue weighted by atomic mass is 10.2. The molecule has 0 saturated carbocycles. The van der Waals surface area contributed by atoms with Crippen LogP contribution in [0, 0.1) is 5.82 Å². The maximum atomic E-state index is 13.0. The molecule has 0 radical (unpaired) electrons. The average molecular weight is 392 g/mol. The van der Waals surface area contributed by atoms with Crippen molar-refractivity contribution in [1.82, 2.24) is 4.90 Å². The Hall–Kier alpha value is -2.80. The summed E-state index contributed by atoms with van der Waals surface area (Å²) in [6.45, 7) is 1.96. The number of nitrogens with zero attached hydrogens (tertiary/aromatic N) is 2. The van der Waals surface area contributed by atoms with E-state index in [2.05, 4.69) is 5.32 Å². The number of carbonyl (C=O) groups is 2. The molecular weight excluding hydrogens is 373 g/mol. The van der Waals surface area contributed by atoms with Crippen LogP contribution in [0.2, 0.25) is 5.02 Å². The molecule has 1 aliphatic rings. The number of hydrogen-bond acceptors (Lipinski definition) is 4. The Morgan fingerprint density at radius 2 is 1.74 bits per heavy atom. The van der Waals surface area contributed by atoms with Crippen molar-refractivity contribution in [3.05, 3.63) is 53.3 Å². The second-order valence-corrected chi connectivity index (χ2v) is 6.47. The minimum atomic E-state index is -0.716. The van der Waals surface area contributed by atoms with Gasteiger partial charge in [0.15, 0.2) is 0 Å². The maximum absolute atomic E-state index is 13.0. The van der Waals surface area contributed by atoms with Crippen molar-refractivity contribution < 1.29 is 18.7 Å². The summed E-state index contributed by atoms with van der Waals surface area (Å²) in [5, 5.41) is 2.90.